The fraction of sp³-hybridized carbons (Fsp3) is 0.444. The molecule has 0 aromatic carbocycles. The van der Waals surface area contributed by atoms with Gasteiger partial charge in [0.15, 0.2) is 0 Å². The van der Waals surface area contributed by atoms with Crippen LogP contribution in [0.15, 0.2) is 23.4 Å². The summed E-state index contributed by atoms with van der Waals surface area (Å²) < 4.78 is 17.1. The predicted octanol–water partition coefficient (Wildman–Crippen LogP) is 0.560. The van der Waals surface area contributed by atoms with Gasteiger partial charge in [-0.15, -0.1) is 0 Å². The van der Waals surface area contributed by atoms with Crippen molar-refractivity contribution in [1.29, 1.82) is 0 Å². The number of nitrogen functional groups attached to an aromatic ring is 1. The van der Waals surface area contributed by atoms with E-state index in [1.807, 2.05) is 0 Å². The molecule has 1 aliphatic heterocycles. The third-order valence-electron chi connectivity index (χ3n) is 2.18. The normalized spacial score (nSPS) is 23.6. The van der Waals surface area contributed by atoms with Crippen LogP contribution in [0, 0.1) is 0 Å². The van der Waals surface area contributed by atoms with Gasteiger partial charge < -0.3 is 10.5 Å². The summed E-state index contributed by atoms with van der Waals surface area (Å²) in [6.45, 7) is 1.23. The third kappa shape index (κ3) is 1.78. The largest absolute Gasteiger partial charge is 0.396 e. The number of pyridine rings is 1. The minimum atomic E-state index is -1.13. The van der Waals surface area contributed by atoms with Crippen LogP contribution in [-0.2, 0) is 15.5 Å². The molecule has 2 unspecified atom stereocenters. The Bertz CT molecular complexity index is 350. The minimum absolute atomic E-state index is 0.0483. The molecule has 0 spiro atoms. The van der Waals surface area contributed by atoms with Crippen molar-refractivity contribution < 1.29 is 8.95 Å². The molecule has 4 nitrogen and oxygen atoms in total. The summed E-state index contributed by atoms with van der Waals surface area (Å²) >= 11 is 0. The smallest absolute Gasteiger partial charge is 0.150 e. The van der Waals surface area contributed by atoms with E-state index in [-0.39, 0.29) is 5.25 Å². The Kier molecular flexibility index (Phi) is 2.79. The average Bonchev–Trinajstić information content (AvgIpc) is 2.70. The van der Waals surface area contributed by atoms with Crippen molar-refractivity contribution in [2.24, 2.45) is 0 Å². The molecule has 2 rings (SSSR count). The van der Waals surface area contributed by atoms with Crippen LogP contribution in [0.5, 0.6) is 0 Å². The van der Waals surface area contributed by atoms with Crippen molar-refractivity contribution >= 4 is 16.5 Å². The average molecular weight is 212 g/mol. The number of hydrogen-bond donors (Lipinski definition) is 1. The summed E-state index contributed by atoms with van der Waals surface area (Å²) in [4.78, 5) is 4.04. The Morgan fingerprint density at radius 1 is 1.64 bits per heavy atom. The fourth-order valence-corrected chi connectivity index (χ4v) is 2.72. The topological polar surface area (TPSA) is 65.2 Å². The number of nitrogens with two attached hydrogens (primary N) is 1. The van der Waals surface area contributed by atoms with E-state index in [1.54, 1.807) is 18.3 Å². The lowest BCUT2D eigenvalue weighted by atomic mass is 10.4. The second-order valence-corrected chi connectivity index (χ2v) is 4.83. The zero-order valence-corrected chi connectivity index (χ0v) is 8.50. The van der Waals surface area contributed by atoms with E-state index in [4.69, 9.17) is 10.5 Å². The molecule has 1 aromatic rings. The van der Waals surface area contributed by atoms with E-state index >= 15 is 0 Å². The number of anilines is 1. The van der Waals surface area contributed by atoms with Gasteiger partial charge in [0.2, 0.25) is 0 Å². The maximum atomic E-state index is 12.0. The van der Waals surface area contributed by atoms with E-state index in [1.165, 1.54) is 0 Å². The van der Waals surface area contributed by atoms with Crippen LogP contribution < -0.4 is 5.73 Å². The molecule has 1 saturated heterocycles. The molecular formula is C9H12N2O2S. The molecule has 2 N–H and O–H groups in total. The second kappa shape index (κ2) is 4.06. The molecule has 5 heteroatoms. The van der Waals surface area contributed by atoms with Crippen molar-refractivity contribution in [3.8, 4) is 0 Å². The lowest BCUT2D eigenvalue weighted by Gasteiger charge is -2.08. The second-order valence-electron chi connectivity index (χ2n) is 3.18. The molecule has 0 aliphatic carbocycles. The van der Waals surface area contributed by atoms with Crippen molar-refractivity contribution in [3.05, 3.63) is 18.3 Å². The highest BCUT2D eigenvalue weighted by Crippen LogP contribution is 2.20. The molecule has 0 amide bonds. The monoisotopic (exact) mass is 212 g/mol. The van der Waals surface area contributed by atoms with E-state index in [2.05, 4.69) is 4.98 Å². The molecule has 1 aliphatic rings. The van der Waals surface area contributed by atoms with Crippen LogP contribution >= 0.6 is 0 Å². The number of hydrogen-bond acceptors (Lipinski definition) is 4. The van der Waals surface area contributed by atoms with Crippen LogP contribution in [0.4, 0.5) is 5.69 Å². The van der Waals surface area contributed by atoms with Gasteiger partial charge in [0.1, 0.15) is 5.03 Å². The van der Waals surface area contributed by atoms with Gasteiger partial charge in [0, 0.05) is 12.8 Å². The van der Waals surface area contributed by atoms with Crippen LogP contribution in [0.3, 0.4) is 0 Å². The first-order valence-corrected chi connectivity index (χ1v) is 5.69. The van der Waals surface area contributed by atoms with Crippen LogP contribution in [-0.4, -0.2) is 27.7 Å². The molecule has 2 atom stereocenters. The van der Waals surface area contributed by atoms with E-state index < -0.39 is 10.8 Å². The molecule has 2 heterocycles. The molecule has 1 fully saturated rings. The van der Waals surface area contributed by atoms with Gasteiger partial charge in [-0.1, -0.05) is 0 Å². The van der Waals surface area contributed by atoms with Gasteiger partial charge in [-0.25, -0.2) is 4.98 Å². The molecule has 0 saturated carbocycles. The van der Waals surface area contributed by atoms with Gasteiger partial charge in [-0.3, -0.25) is 4.21 Å². The lowest BCUT2D eigenvalue weighted by Crippen LogP contribution is -2.17. The molecule has 1 aromatic heterocycles. The van der Waals surface area contributed by atoms with Gasteiger partial charge >= 0.3 is 0 Å². The highest BCUT2D eigenvalue weighted by molar-refractivity contribution is 7.85. The maximum Gasteiger partial charge on any atom is 0.150 e. The van der Waals surface area contributed by atoms with Gasteiger partial charge in [-0.05, 0) is 18.6 Å². The molecule has 76 valence electrons. The number of ether oxygens (including phenoxy) is 1. The summed E-state index contributed by atoms with van der Waals surface area (Å²) in [6.07, 6.45) is 2.43. The van der Waals surface area contributed by atoms with Crippen LogP contribution in [0.1, 0.15) is 6.42 Å². The lowest BCUT2D eigenvalue weighted by molar-refractivity contribution is 0.199. The summed E-state index contributed by atoms with van der Waals surface area (Å²) in [5.41, 5.74) is 6.19. The van der Waals surface area contributed by atoms with E-state index in [9.17, 15) is 4.21 Å². The van der Waals surface area contributed by atoms with Gasteiger partial charge in [-0.2, -0.15) is 0 Å². The van der Waals surface area contributed by atoms with E-state index in [0.717, 1.165) is 6.42 Å². The third-order valence-corrected chi connectivity index (χ3v) is 3.88. The summed E-state index contributed by atoms with van der Waals surface area (Å²) in [5, 5.41) is 0.537. The van der Waals surface area contributed by atoms with Gasteiger partial charge in [0.05, 0.1) is 28.3 Å². The molecule has 0 bridgehead atoms. The number of aromatic nitrogens is 1. The first-order chi connectivity index (χ1) is 6.79. The number of rotatable bonds is 2. The summed E-state index contributed by atoms with van der Waals surface area (Å²) in [7, 11) is -1.13. The summed E-state index contributed by atoms with van der Waals surface area (Å²) in [6, 6.07) is 3.46. The van der Waals surface area contributed by atoms with Gasteiger partial charge in [0.25, 0.3) is 0 Å². The van der Waals surface area contributed by atoms with Crippen molar-refractivity contribution in [3.63, 3.8) is 0 Å². The molecule has 14 heavy (non-hydrogen) atoms. The standard InChI is InChI=1S/C9H12N2O2S/c10-8-2-1-4-11-9(8)14(12)7-3-5-13-6-7/h1-2,4,7H,3,5-6,10H2. The summed E-state index contributed by atoms with van der Waals surface area (Å²) in [5.74, 6) is 0. The van der Waals surface area contributed by atoms with E-state index in [0.29, 0.717) is 23.9 Å². The highest BCUT2D eigenvalue weighted by atomic mass is 32.2. The zero-order chi connectivity index (χ0) is 9.97. The maximum absolute atomic E-state index is 12.0. The Balaban J connectivity index is 2.22. The Labute approximate surface area is 84.9 Å². The highest BCUT2D eigenvalue weighted by Gasteiger charge is 2.25. The Morgan fingerprint density at radius 2 is 2.50 bits per heavy atom. The Hall–Kier alpha value is -0.940. The zero-order valence-electron chi connectivity index (χ0n) is 7.68. The van der Waals surface area contributed by atoms with Crippen molar-refractivity contribution in [2.45, 2.75) is 16.7 Å². The van der Waals surface area contributed by atoms with Crippen LogP contribution in [0.2, 0.25) is 0 Å². The Morgan fingerprint density at radius 3 is 3.14 bits per heavy atom. The molecule has 0 radical (unpaired) electrons. The first kappa shape index (κ1) is 9.61. The minimum Gasteiger partial charge on any atom is -0.396 e. The SMILES string of the molecule is Nc1cccnc1S(=O)C1CCOC1. The fourth-order valence-electron chi connectivity index (χ4n) is 1.41. The molecular weight excluding hydrogens is 200 g/mol. The van der Waals surface area contributed by atoms with Crippen LogP contribution in [0.25, 0.3) is 0 Å². The first-order valence-electron chi connectivity index (χ1n) is 4.48. The van der Waals surface area contributed by atoms with Crippen molar-refractivity contribution in [1.82, 2.24) is 4.98 Å². The van der Waals surface area contributed by atoms with Crippen molar-refractivity contribution in [2.75, 3.05) is 18.9 Å². The quantitative estimate of drug-likeness (QED) is 0.778. The number of nitrogens with zero attached hydrogens (tertiary/aromatic N) is 1. The predicted molar refractivity (Wildman–Crippen MR) is 54.3 cm³/mol.